The van der Waals surface area contributed by atoms with Gasteiger partial charge in [0.05, 0.1) is 12.5 Å². The highest BCUT2D eigenvalue weighted by molar-refractivity contribution is 5.77. The van der Waals surface area contributed by atoms with Gasteiger partial charge in [-0.1, -0.05) is 19.3 Å². The molecule has 1 saturated carbocycles. The average Bonchev–Trinajstić information content (AvgIpc) is 2.79. The quantitative estimate of drug-likeness (QED) is 0.839. The van der Waals surface area contributed by atoms with Crippen LogP contribution in [0, 0.1) is 0 Å². The molecule has 0 spiro atoms. The van der Waals surface area contributed by atoms with E-state index in [1.54, 1.807) is 12.5 Å². The van der Waals surface area contributed by atoms with Gasteiger partial charge in [-0.05, 0) is 18.9 Å². The Hall–Kier alpha value is -1.29. The summed E-state index contributed by atoms with van der Waals surface area (Å²) < 4.78 is 4.94. The monoisotopic (exact) mass is 236 g/mol. The van der Waals surface area contributed by atoms with Crippen molar-refractivity contribution in [1.82, 2.24) is 5.32 Å². The predicted octanol–water partition coefficient (Wildman–Crippen LogP) is 1.95. The minimum atomic E-state index is -0.279. The lowest BCUT2D eigenvalue weighted by atomic mass is 9.80. The number of nitrogens with one attached hydrogen (secondary N) is 1. The Morgan fingerprint density at radius 1 is 1.41 bits per heavy atom. The number of nitrogens with two attached hydrogens (primary N) is 1. The number of furan rings is 1. The van der Waals surface area contributed by atoms with Crippen molar-refractivity contribution in [2.75, 3.05) is 0 Å². The minimum Gasteiger partial charge on any atom is -0.472 e. The zero-order chi connectivity index (χ0) is 12.1. The summed E-state index contributed by atoms with van der Waals surface area (Å²) in [4.78, 5) is 11.8. The van der Waals surface area contributed by atoms with E-state index in [1.807, 2.05) is 6.07 Å². The molecule has 4 heteroatoms. The largest absolute Gasteiger partial charge is 0.472 e. The highest BCUT2D eigenvalue weighted by Crippen LogP contribution is 2.28. The van der Waals surface area contributed by atoms with E-state index < -0.39 is 0 Å². The van der Waals surface area contributed by atoms with Crippen molar-refractivity contribution in [2.45, 2.75) is 50.6 Å². The Morgan fingerprint density at radius 2 is 2.18 bits per heavy atom. The average molecular weight is 236 g/mol. The first-order valence-electron chi connectivity index (χ1n) is 6.25. The summed E-state index contributed by atoms with van der Waals surface area (Å²) in [5.41, 5.74) is 6.93. The second kappa shape index (κ2) is 5.36. The molecule has 2 rings (SSSR count). The summed E-state index contributed by atoms with van der Waals surface area (Å²) in [5.74, 6) is 0.0376. The van der Waals surface area contributed by atoms with Crippen molar-refractivity contribution >= 4 is 5.91 Å². The van der Waals surface area contributed by atoms with Crippen molar-refractivity contribution < 1.29 is 9.21 Å². The Labute approximate surface area is 102 Å². The van der Waals surface area contributed by atoms with Crippen LogP contribution in [-0.4, -0.2) is 11.4 Å². The van der Waals surface area contributed by atoms with Crippen LogP contribution in [0.5, 0.6) is 0 Å². The van der Waals surface area contributed by atoms with E-state index in [0.29, 0.717) is 13.0 Å². The van der Waals surface area contributed by atoms with Crippen molar-refractivity contribution in [3.8, 4) is 0 Å². The maximum Gasteiger partial charge on any atom is 0.222 e. The van der Waals surface area contributed by atoms with E-state index in [9.17, 15) is 4.79 Å². The van der Waals surface area contributed by atoms with Crippen molar-refractivity contribution in [3.63, 3.8) is 0 Å². The molecule has 0 aromatic carbocycles. The van der Waals surface area contributed by atoms with Crippen molar-refractivity contribution in [3.05, 3.63) is 24.2 Å². The van der Waals surface area contributed by atoms with Crippen LogP contribution >= 0.6 is 0 Å². The van der Waals surface area contributed by atoms with E-state index in [0.717, 1.165) is 31.2 Å². The van der Waals surface area contributed by atoms with Crippen molar-refractivity contribution in [1.29, 1.82) is 0 Å². The summed E-state index contributed by atoms with van der Waals surface area (Å²) >= 11 is 0. The van der Waals surface area contributed by atoms with Gasteiger partial charge in [0.1, 0.15) is 0 Å². The fourth-order valence-corrected chi connectivity index (χ4v) is 2.41. The molecule has 17 heavy (non-hydrogen) atoms. The smallest absolute Gasteiger partial charge is 0.222 e. The number of hydrogen-bond donors (Lipinski definition) is 2. The van der Waals surface area contributed by atoms with Gasteiger partial charge in [0.25, 0.3) is 0 Å². The maximum absolute atomic E-state index is 11.8. The molecule has 0 bridgehead atoms. The van der Waals surface area contributed by atoms with E-state index >= 15 is 0 Å². The van der Waals surface area contributed by atoms with Gasteiger partial charge in [0, 0.05) is 24.1 Å². The highest BCUT2D eigenvalue weighted by Gasteiger charge is 2.29. The van der Waals surface area contributed by atoms with Gasteiger partial charge < -0.3 is 15.5 Å². The molecule has 1 fully saturated rings. The second-order valence-electron chi connectivity index (χ2n) is 5.01. The molecule has 3 N–H and O–H groups in total. The molecule has 0 atom stereocenters. The third kappa shape index (κ3) is 3.60. The molecule has 0 radical (unpaired) electrons. The lowest BCUT2D eigenvalue weighted by Gasteiger charge is -2.32. The topological polar surface area (TPSA) is 68.3 Å². The zero-order valence-corrected chi connectivity index (χ0v) is 10.1. The molecule has 1 aromatic rings. The van der Waals surface area contributed by atoms with Crippen LogP contribution in [0.3, 0.4) is 0 Å². The van der Waals surface area contributed by atoms with E-state index in [2.05, 4.69) is 5.32 Å². The van der Waals surface area contributed by atoms with Crippen LogP contribution in [-0.2, 0) is 11.3 Å². The minimum absolute atomic E-state index is 0.0376. The van der Waals surface area contributed by atoms with Gasteiger partial charge in [-0.2, -0.15) is 0 Å². The molecule has 1 heterocycles. The lowest BCUT2D eigenvalue weighted by molar-refractivity contribution is -0.122. The number of amides is 1. The summed E-state index contributed by atoms with van der Waals surface area (Å²) in [6.45, 7) is 0.519. The van der Waals surface area contributed by atoms with Gasteiger partial charge in [-0.15, -0.1) is 0 Å². The van der Waals surface area contributed by atoms with E-state index in [4.69, 9.17) is 10.2 Å². The first kappa shape index (κ1) is 12.2. The summed E-state index contributed by atoms with van der Waals surface area (Å²) in [6.07, 6.45) is 9.14. The maximum atomic E-state index is 11.8. The van der Waals surface area contributed by atoms with Crippen LogP contribution in [0.4, 0.5) is 0 Å². The third-order valence-corrected chi connectivity index (χ3v) is 3.43. The Bertz CT molecular complexity index is 354. The Balaban J connectivity index is 1.76. The third-order valence-electron chi connectivity index (χ3n) is 3.43. The lowest BCUT2D eigenvalue weighted by Crippen LogP contribution is -2.45. The number of rotatable bonds is 4. The molecule has 94 valence electrons. The standard InChI is InChI=1S/C13H20N2O2/c14-13(5-2-1-3-6-13)8-12(16)15-9-11-4-7-17-10-11/h4,7,10H,1-3,5-6,8-9,14H2,(H,15,16). The molecule has 4 nitrogen and oxygen atoms in total. The fourth-order valence-electron chi connectivity index (χ4n) is 2.41. The van der Waals surface area contributed by atoms with Crippen LogP contribution in [0.25, 0.3) is 0 Å². The van der Waals surface area contributed by atoms with Crippen LogP contribution < -0.4 is 11.1 Å². The molecule has 1 amide bonds. The first-order valence-corrected chi connectivity index (χ1v) is 6.25. The zero-order valence-electron chi connectivity index (χ0n) is 10.1. The Kier molecular flexibility index (Phi) is 3.84. The van der Waals surface area contributed by atoms with E-state index in [1.165, 1.54) is 6.42 Å². The molecule has 1 aliphatic carbocycles. The fraction of sp³-hybridized carbons (Fsp3) is 0.615. The molecule has 0 aliphatic heterocycles. The molecule has 1 aromatic heterocycles. The van der Waals surface area contributed by atoms with Gasteiger partial charge >= 0.3 is 0 Å². The van der Waals surface area contributed by atoms with Crippen molar-refractivity contribution in [2.24, 2.45) is 5.73 Å². The van der Waals surface area contributed by atoms with Gasteiger partial charge in [-0.3, -0.25) is 4.79 Å². The SMILES string of the molecule is NC1(CC(=O)NCc2ccoc2)CCCCC1. The summed E-state index contributed by atoms with van der Waals surface area (Å²) in [6, 6.07) is 1.85. The van der Waals surface area contributed by atoms with Gasteiger partial charge in [-0.25, -0.2) is 0 Å². The van der Waals surface area contributed by atoms with Gasteiger partial charge in [0.15, 0.2) is 0 Å². The first-order chi connectivity index (χ1) is 8.18. The van der Waals surface area contributed by atoms with Crippen LogP contribution in [0.15, 0.2) is 23.0 Å². The number of carbonyl (C=O) groups excluding carboxylic acids is 1. The normalized spacial score (nSPS) is 18.9. The summed E-state index contributed by atoms with van der Waals surface area (Å²) in [7, 11) is 0. The van der Waals surface area contributed by atoms with E-state index in [-0.39, 0.29) is 11.4 Å². The molecule has 0 saturated heterocycles. The highest BCUT2D eigenvalue weighted by atomic mass is 16.3. The second-order valence-corrected chi connectivity index (χ2v) is 5.01. The molecule has 0 unspecified atom stereocenters. The Morgan fingerprint density at radius 3 is 2.82 bits per heavy atom. The molecule has 1 aliphatic rings. The van der Waals surface area contributed by atoms with Crippen LogP contribution in [0.2, 0.25) is 0 Å². The number of carbonyl (C=O) groups is 1. The molecular formula is C13H20N2O2. The molecular weight excluding hydrogens is 216 g/mol. The summed E-state index contributed by atoms with van der Waals surface area (Å²) in [5, 5.41) is 2.88. The predicted molar refractivity (Wildman–Crippen MR) is 65.2 cm³/mol. The number of hydrogen-bond acceptors (Lipinski definition) is 3. The van der Waals surface area contributed by atoms with Crippen LogP contribution in [0.1, 0.15) is 44.1 Å². The van der Waals surface area contributed by atoms with Gasteiger partial charge in [0.2, 0.25) is 5.91 Å².